The topological polar surface area (TPSA) is 58.6 Å². The van der Waals surface area contributed by atoms with E-state index >= 15 is 0 Å². The second kappa shape index (κ2) is 11.6. The molecule has 0 saturated heterocycles. The van der Waals surface area contributed by atoms with Crippen molar-refractivity contribution in [2.45, 2.75) is 25.9 Å². The van der Waals surface area contributed by atoms with Gasteiger partial charge in [0.25, 0.3) is 5.91 Å². The number of hydrogen-bond acceptors (Lipinski definition) is 3. The van der Waals surface area contributed by atoms with Crippen molar-refractivity contribution >= 4 is 11.8 Å². The summed E-state index contributed by atoms with van der Waals surface area (Å²) in [5, 5.41) is 2.84. The molecule has 0 aliphatic rings. The number of para-hydroxylation sites is 1. The first-order valence-corrected chi connectivity index (χ1v) is 10.6. The summed E-state index contributed by atoms with van der Waals surface area (Å²) in [6.45, 7) is 2.14. The van der Waals surface area contributed by atoms with Gasteiger partial charge in [-0.25, -0.2) is 4.39 Å². The van der Waals surface area contributed by atoms with E-state index in [9.17, 15) is 14.0 Å². The van der Waals surface area contributed by atoms with E-state index in [1.165, 1.54) is 17.0 Å². The summed E-state index contributed by atoms with van der Waals surface area (Å²) in [4.78, 5) is 27.8. The zero-order valence-corrected chi connectivity index (χ0v) is 18.0. The van der Waals surface area contributed by atoms with Crippen molar-refractivity contribution in [2.24, 2.45) is 0 Å². The minimum absolute atomic E-state index is 0.00173. The quantitative estimate of drug-likeness (QED) is 0.525. The van der Waals surface area contributed by atoms with Crippen LogP contribution in [0.3, 0.4) is 0 Å². The fourth-order valence-corrected chi connectivity index (χ4v) is 3.41. The Balaban J connectivity index is 1.87. The van der Waals surface area contributed by atoms with Crippen LogP contribution >= 0.6 is 0 Å². The van der Waals surface area contributed by atoms with Crippen LogP contribution < -0.4 is 10.1 Å². The highest BCUT2D eigenvalue weighted by molar-refractivity contribution is 5.88. The third kappa shape index (κ3) is 6.41. The lowest BCUT2D eigenvalue weighted by Gasteiger charge is -2.31. The molecule has 1 N–H and O–H groups in total. The van der Waals surface area contributed by atoms with E-state index in [0.717, 1.165) is 11.1 Å². The van der Waals surface area contributed by atoms with Gasteiger partial charge in [0, 0.05) is 19.5 Å². The molecule has 0 radical (unpaired) electrons. The molecule has 32 heavy (non-hydrogen) atoms. The lowest BCUT2D eigenvalue weighted by molar-refractivity contribution is -0.142. The molecule has 2 amide bonds. The summed E-state index contributed by atoms with van der Waals surface area (Å²) < 4.78 is 19.4. The van der Waals surface area contributed by atoms with E-state index in [2.05, 4.69) is 5.32 Å². The Labute approximate surface area is 187 Å². The van der Waals surface area contributed by atoms with E-state index in [4.69, 9.17) is 4.74 Å². The number of nitrogens with one attached hydrogen (secondary N) is 1. The van der Waals surface area contributed by atoms with Crippen molar-refractivity contribution in [1.29, 1.82) is 0 Å². The molecule has 1 atom stereocenters. The molecule has 0 aliphatic heterocycles. The Kier molecular flexibility index (Phi) is 8.37. The van der Waals surface area contributed by atoms with Crippen molar-refractivity contribution in [3.05, 3.63) is 102 Å². The highest BCUT2D eigenvalue weighted by atomic mass is 19.1. The first-order chi connectivity index (χ1) is 15.6. The van der Waals surface area contributed by atoms with Crippen molar-refractivity contribution in [3.63, 3.8) is 0 Å². The lowest BCUT2D eigenvalue weighted by Crippen LogP contribution is -2.51. The van der Waals surface area contributed by atoms with Gasteiger partial charge < -0.3 is 15.0 Å². The number of nitrogens with zero attached hydrogens (tertiary/aromatic N) is 1. The average Bonchev–Trinajstić information content (AvgIpc) is 2.82. The van der Waals surface area contributed by atoms with Crippen molar-refractivity contribution in [3.8, 4) is 5.75 Å². The number of likely N-dealkylation sites (N-methyl/N-ethyl adjacent to an activating group) is 1. The minimum Gasteiger partial charge on any atom is -0.481 e. The van der Waals surface area contributed by atoms with Crippen LogP contribution in [0.5, 0.6) is 5.75 Å². The monoisotopic (exact) mass is 434 g/mol. The molecular weight excluding hydrogens is 407 g/mol. The molecule has 6 heteroatoms. The first kappa shape index (κ1) is 23.0. The molecule has 3 aromatic carbocycles. The second-order valence-electron chi connectivity index (χ2n) is 7.33. The van der Waals surface area contributed by atoms with Gasteiger partial charge in [-0.2, -0.15) is 0 Å². The largest absolute Gasteiger partial charge is 0.481 e. The van der Waals surface area contributed by atoms with Crippen LogP contribution in [0.15, 0.2) is 84.9 Å². The summed E-state index contributed by atoms with van der Waals surface area (Å²) in [7, 11) is 0. The third-order valence-corrected chi connectivity index (χ3v) is 5.01. The van der Waals surface area contributed by atoms with Crippen molar-refractivity contribution < 1.29 is 18.7 Å². The maximum Gasteiger partial charge on any atom is 0.261 e. The Morgan fingerprint density at radius 1 is 0.906 bits per heavy atom. The highest BCUT2D eigenvalue weighted by Crippen LogP contribution is 2.18. The van der Waals surface area contributed by atoms with Crippen LogP contribution in [-0.2, 0) is 22.6 Å². The number of hydrogen-bond donors (Lipinski definition) is 1. The Bertz CT molecular complexity index is 1010. The predicted molar refractivity (Wildman–Crippen MR) is 122 cm³/mol. The second-order valence-corrected chi connectivity index (χ2v) is 7.33. The SMILES string of the molecule is CCNC(=O)[C@@H](Cc1ccccc1)N(Cc1ccccc1)C(=O)COc1ccccc1F. The van der Waals surface area contributed by atoms with E-state index in [1.54, 1.807) is 12.1 Å². The fourth-order valence-electron chi connectivity index (χ4n) is 3.41. The van der Waals surface area contributed by atoms with E-state index in [1.807, 2.05) is 67.6 Å². The van der Waals surface area contributed by atoms with E-state index < -0.39 is 17.8 Å². The lowest BCUT2D eigenvalue weighted by atomic mass is 10.0. The van der Waals surface area contributed by atoms with Gasteiger partial charge in [-0.1, -0.05) is 72.8 Å². The smallest absolute Gasteiger partial charge is 0.261 e. The van der Waals surface area contributed by atoms with Crippen LogP contribution in [-0.4, -0.2) is 35.9 Å². The maximum absolute atomic E-state index is 13.9. The van der Waals surface area contributed by atoms with Gasteiger partial charge in [0.05, 0.1) is 0 Å². The van der Waals surface area contributed by atoms with E-state index in [-0.39, 0.29) is 24.8 Å². The molecule has 0 bridgehead atoms. The third-order valence-electron chi connectivity index (χ3n) is 5.01. The molecule has 0 aliphatic carbocycles. The van der Waals surface area contributed by atoms with Gasteiger partial charge >= 0.3 is 0 Å². The van der Waals surface area contributed by atoms with Gasteiger partial charge in [-0.15, -0.1) is 0 Å². The van der Waals surface area contributed by atoms with E-state index in [0.29, 0.717) is 13.0 Å². The molecule has 0 aromatic heterocycles. The van der Waals surface area contributed by atoms with Crippen molar-refractivity contribution in [1.82, 2.24) is 10.2 Å². The molecular formula is C26H27FN2O3. The zero-order valence-electron chi connectivity index (χ0n) is 18.0. The number of halogens is 1. The van der Waals surface area contributed by atoms with Crippen LogP contribution in [0.4, 0.5) is 4.39 Å². The Morgan fingerprint density at radius 2 is 1.50 bits per heavy atom. The molecule has 0 saturated carbocycles. The summed E-state index contributed by atoms with van der Waals surface area (Å²) >= 11 is 0. The molecule has 3 rings (SSSR count). The maximum atomic E-state index is 13.9. The number of carbonyl (C=O) groups is 2. The molecule has 0 heterocycles. The van der Waals surface area contributed by atoms with Crippen LogP contribution in [0.1, 0.15) is 18.1 Å². The average molecular weight is 435 g/mol. The van der Waals surface area contributed by atoms with Gasteiger partial charge in [0.1, 0.15) is 6.04 Å². The number of rotatable bonds is 10. The Hall–Kier alpha value is -3.67. The predicted octanol–water partition coefficient (Wildman–Crippen LogP) is 3.98. The number of benzene rings is 3. The van der Waals surface area contributed by atoms with Gasteiger partial charge in [0.2, 0.25) is 5.91 Å². The molecule has 0 spiro atoms. The van der Waals surface area contributed by atoms with Gasteiger partial charge in [-0.05, 0) is 30.2 Å². The van der Waals surface area contributed by atoms with Crippen LogP contribution in [0, 0.1) is 5.82 Å². The summed E-state index contributed by atoms with van der Waals surface area (Å²) in [5.41, 5.74) is 1.82. The number of carbonyl (C=O) groups excluding carboxylic acids is 2. The zero-order chi connectivity index (χ0) is 22.8. The minimum atomic E-state index is -0.741. The van der Waals surface area contributed by atoms with Gasteiger partial charge in [-0.3, -0.25) is 9.59 Å². The van der Waals surface area contributed by atoms with Crippen LogP contribution in [0.25, 0.3) is 0 Å². The first-order valence-electron chi connectivity index (χ1n) is 10.6. The summed E-state index contributed by atoms with van der Waals surface area (Å²) in [5.74, 6) is -1.19. The molecule has 3 aromatic rings. The number of ether oxygens (including phenoxy) is 1. The molecule has 5 nitrogen and oxygen atoms in total. The highest BCUT2D eigenvalue weighted by Gasteiger charge is 2.30. The fraction of sp³-hybridized carbons (Fsp3) is 0.231. The summed E-state index contributed by atoms with van der Waals surface area (Å²) in [6.07, 6.45) is 0.352. The van der Waals surface area contributed by atoms with Crippen LogP contribution in [0.2, 0.25) is 0 Å². The molecule has 0 fully saturated rings. The normalized spacial score (nSPS) is 11.4. The Morgan fingerprint density at radius 3 is 2.12 bits per heavy atom. The molecule has 0 unspecified atom stereocenters. The van der Waals surface area contributed by atoms with Gasteiger partial charge in [0.15, 0.2) is 18.2 Å². The molecule has 166 valence electrons. The van der Waals surface area contributed by atoms with Crippen molar-refractivity contribution in [2.75, 3.05) is 13.2 Å². The number of amides is 2. The standard InChI is InChI=1S/C26H27FN2O3/c1-2-28-26(31)23(17-20-11-5-3-6-12-20)29(18-21-13-7-4-8-14-21)25(30)19-32-24-16-10-9-15-22(24)27/h3-16,23H,2,17-19H2,1H3,(H,28,31)/t23-/m1/s1. The summed E-state index contributed by atoms with van der Waals surface area (Å²) in [6, 6.07) is 24.2.